The predicted molar refractivity (Wildman–Crippen MR) is 96.3 cm³/mol. The highest BCUT2D eigenvalue weighted by Gasteiger charge is 2.13. The van der Waals surface area contributed by atoms with Gasteiger partial charge in [-0.25, -0.2) is 0 Å². The van der Waals surface area contributed by atoms with Crippen LogP contribution in [0.25, 0.3) is 0 Å². The van der Waals surface area contributed by atoms with Crippen LogP contribution in [0.4, 0.5) is 5.69 Å². The van der Waals surface area contributed by atoms with Crippen LogP contribution in [0.5, 0.6) is 0 Å². The summed E-state index contributed by atoms with van der Waals surface area (Å²) in [6, 6.07) is 18.3. The van der Waals surface area contributed by atoms with Crippen LogP contribution in [0.15, 0.2) is 79.9 Å². The van der Waals surface area contributed by atoms with E-state index < -0.39 is 0 Å². The van der Waals surface area contributed by atoms with Crippen molar-refractivity contribution in [3.05, 3.63) is 91.0 Å². The fourth-order valence-electron chi connectivity index (χ4n) is 2.27. The number of hydrogen-bond donors (Lipinski definition) is 0. The van der Waals surface area contributed by atoms with Crippen molar-refractivity contribution < 1.29 is 0 Å². The van der Waals surface area contributed by atoms with Gasteiger partial charge >= 0.3 is 0 Å². The summed E-state index contributed by atoms with van der Waals surface area (Å²) in [5.41, 5.74) is 3.26. The van der Waals surface area contributed by atoms with E-state index >= 15 is 0 Å². The Morgan fingerprint density at radius 1 is 0.905 bits per heavy atom. The van der Waals surface area contributed by atoms with Crippen molar-refractivity contribution in [1.29, 1.82) is 0 Å². The Morgan fingerprint density at radius 3 is 2.10 bits per heavy atom. The molecule has 0 heterocycles. The zero-order chi connectivity index (χ0) is 15.1. The summed E-state index contributed by atoms with van der Waals surface area (Å²) in [4.78, 5) is 3.08. The summed E-state index contributed by atoms with van der Waals surface area (Å²) in [5.74, 6) is 0. The normalized spacial score (nSPS) is 9.90. The van der Waals surface area contributed by atoms with Crippen LogP contribution in [-0.2, 0) is 0 Å². The molecule has 0 aliphatic carbocycles. The number of thiocarbonyl (C=S) groups is 1. The second kappa shape index (κ2) is 7.55. The van der Waals surface area contributed by atoms with Crippen LogP contribution >= 0.6 is 12.2 Å². The minimum Gasteiger partial charge on any atom is -0.364 e. The van der Waals surface area contributed by atoms with Gasteiger partial charge in [-0.2, -0.15) is 0 Å². The van der Waals surface area contributed by atoms with Crippen LogP contribution < -0.4 is 4.90 Å². The summed E-state index contributed by atoms with van der Waals surface area (Å²) >= 11 is 5.68. The van der Waals surface area contributed by atoms with Crippen molar-refractivity contribution in [2.75, 3.05) is 18.0 Å². The Balaban J connectivity index is 2.42. The highest BCUT2D eigenvalue weighted by atomic mass is 32.1. The SMILES string of the molecule is C=CCN(CC=C)c1ccccc1C(=S)c1ccccc1. The molecular weight excluding hydrogens is 274 g/mol. The molecule has 0 saturated heterocycles. The van der Waals surface area contributed by atoms with Gasteiger partial charge < -0.3 is 4.90 Å². The molecule has 0 spiro atoms. The maximum Gasteiger partial charge on any atom is 0.0542 e. The fourth-order valence-corrected chi connectivity index (χ4v) is 2.58. The zero-order valence-electron chi connectivity index (χ0n) is 12.0. The molecule has 0 aliphatic rings. The van der Waals surface area contributed by atoms with Crippen LogP contribution in [0.3, 0.4) is 0 Å². The van der Waals surface area contributed by atoms with Gasteiger partial charge in [0.05, 0.1) is 4.86 Å². The number of hydrogen-bond acceptors (Lipinski definition) is 2. The molecule has 0 radical (unpaired) electrons. The Hall–Kier alpha value is -2.19. The van der Waals surface area contributed by atoms with E-state index in [9.17, 15) is 0 Å². The molecule has 0 unspecified atom stereocenters. The largest absolute Gasteiger partial charge is 0.364 e. The lowest BCUT2D eigenvalue weighted by atomic mass is 10.0. The van der Waals surface area contributed by atoms with Gasteiger partial charge in [0.2, 0.25) is 0 Å². The van der Waals surface area contributed by atoms with Gasteiger partial charge in [-0.05, 0) is 11.6 Å². The van der Waals surface area contributed by atoms with E-state index in [0.717, 1.165) is 34.8 Å². The summed E-state index contributed by atoms with van der Waals surface area (Å²) < 4.78 is 0. The minimum absolute atomic E-state index is 0.764. The van der Waals surface area contributed by atoms with E-state index in [-0.39, 0.29) is 0 Å². The molecule has 0 N–H and O–H groups in total. The van der Waals surface area contributed by atoms with E-state index in [0.29, 0.717) is 0 Å². The highest BCUT2D eigenvalue weighted by Crippen LogP contribution is 2.24. The van der Waals surface area contributed by atoms with Crippen molar-refractivity contribution >= 4 is 22.8 Å². The summed E-state index contributed by atoms with van der Waals surface area (Å²) in [7, 11) is 0. The first-order valence-electron chi connectivity index (χ1n) is 6.93. The molecular formula is C19H19NS. The maximum absolute atomic E-state index is 5.68. The van der Waals surface area contributed by atoms with Crippen molar-refractivity contribution in [2.45, 2.75) is 0 Å². The zero-order valence-corrected chi connectivity index (χ0v) is 12.9. The number of rotatable bonds is 7. The predicted octanol–water partition coefficient (Wildman–Crippen LogP) is 4.63. The number of anilines is 1. The number of para-hydroxylation sites is 1. The molecule has 2 heteroatoms. The standard InChI is InChI=1S/C19H19NS/c1-3-14-20(15-4-2)18-13-9-8-12-17(18)19(21)16-10-6-5-7-11-16/h3-13H,1-2,14-15H2. The fraction of sp³-hybridized carbons (Fsp3) is 0.105. The Kier molecular flexibility index (Phi) is 5.47. The summed E-state index contributed by atoms with van der Waals surface area (Å²) in [6.45, 7) is 9.19. The first kappa shape index (κ1) is 15.2. The lowest BCUT2D eigenvalue weighted by Gasteiger charge is -2.25. The molecule has 0 bridgehead atoms. The van der Waals surface area contributed by atoms with E-state index in [4.69, 9.17) is 12.2 Å². The third-order valence-electron chi connectivity index (χ3n) is 3.22. The van der Waals surface area contributed by atoms with Gasteiger partial charge in [0, 0.05) is 24.3 Å². The molecule has 106 valence electrons. The van der Waals surface area contributed by atoms with Gasteiger partial charge in [-0.3, -0.25) is 0 Å². The quantitative estimate of drug-likeness (QED) is 0.416. The third kappa shape index (κ3) is 3.67. The lowest BCUT2D eigenvalue weighted by Crippen LogP contribution is -2.25. The van der Waals surface area contributed by atoms with Crippen LogP contribution in [0.1, 0.15) is 11.1 Å². The smallest absolute Gasteiger partial charge is 0.0542 e. The van der Waals surface area contributed by atoms with Gasteiger partial charge in [0.25, 0.3) is 0 Å². The molecule has 1 nitrogen and oxygen atoms in total. The van der Waals surface area contributed by atoms with E-state index in [1.165, 1.54) is 0 Å². The molecule has 0 amide bonds. The molecule has 0 saturated carbocycles. The molecule has 2 aromatic rings. The number of benzene rings is 2. The lowest BCUT2D eigenvalue weighted by molar-refractivity contribution is 0.955. The Morgan fingerprint density at radius 2 is 1.48 bits per heavy atom. The molecule has 21 heavy (non-hydrogen) atoms. The second-order valence-electron chi connectivity index (χ2n) is 4.69. The van der Waals surface area contributed by atoms with E-state index in [1.54, 1.807) is 0 Å². The molecule has 2 rings (SSSR count). The van der Waals surface area contributed by atoms with E-state index in [2.05, 4.69) is 30.2 Å². The van der Waals surface area contributed by atoms with Crippen molar-refractivity contribution in [3.63, 3.8) is 0 Å². The molecule has 2 aromatic carbocycles. The van der Waals surface area contributed by atoms with Crippen LogP contribution in [0.2, 0.25) is 0 Å². The van der Waals surface area contributed by atoms with Gasteiger partial charge in [-0.15, -0.1) is 13.2 Å². The maximum atomic E-state index is 5.68. The van der Waals surface area contributed by atoms with E-state index in [1.807, 2.05) is 54.6 Å². The van der Waals surface area contributed by atoms with Crippen LogP contribution in [-0.4, -0.2) is 18.0 Å². The first-order valence-corrected chi connectivity index (χ1v) is 7.34. The summed E-state index contributed by atoms with van der Waals surface area (Å²) in [5, 5.41) is 0. The van der Waals surface area contributed by atoms with Crippen molar-refractivity contribution in [3.8, 4) is 0 Å². The highest BCUT2D eigenvalue weighted by molar-refractivity contribution is 7.81. The Bertz CT molecular complexity index is 621. The van der Waals surface area contributed by atoms with Gasteiger partial charge in [0.1, 0.15) is 0 Å². The molecule has 0 atom stereocenters. The topological polar surface area (TPSA) is 3.24 Å². The second-order valence-corrected chi connectivity index (χ2v) is 5.10. The molecule has 0 fully saturated rings. The minimum atomic E-state index is 0.764. The monoisotopic (exact) mass is 293 g/mol. The van der Waals surface area contributed by atoms with Gasteiger partial charge in [0.15, 0.2) is 0 Å². The summed E-state index contributed by atoms with van der Waals surface area (Å²) in [6.07, 6.45) is 3.79. The average Bonchev–Trinajstić information content (AvgIpc) is 2.55. The first-order chi connectivity index (χ1) is 10.3. The van der Waals surface area contributed by atoms with Crippen LogP contribution in [0, 0.1) is 0 Å². The van der Waals surface area contributed by atoms with Gasteiger partial charge in [-0.1, -0.05) is 72.9 Å². The van der Waals surface area contributed by atoms with Crippen molar-refractivity contribution in [1.82, 2.24) is 0 Å². The Labute approximate surface area is 132 Å². The molecule has 0 aliphatic heterocycles. The third-order valence-corrected chi connectivity index (χ3v) is 3.68. The average molecular weight is 293 g/mol. The molecule has 0 aromatic heterocycles. The number of nitrogens with zero attached hydrogens (tertiary/aromatic N) is 1. The van der Waals surface area contributed by atoms with Crippen molar-refractivity contribution in [2.24, 2.45) is 0 Å².